The highest BCUT2D eigenvalue weighted by Gasteiger charge is 2.31. The molecule has 200 valence electrons. The molecule has 0 aliphatic carbocycles. The van der Waals surface area contributed by atoms with Crippen LogP contribution in [0, 0.1) is 11.7 Å². The maximum absolute atomic E-state index is 13.4. The summed E-state index contributed by atoms with van der Waals surface area (Å²) in [6, 6.07) is 12.3. The number of carboxylic acids is 2. The van der Waals surface area contributed by atoms with Crippen LogP contribution in [0.25, 0.3) is 0 Å². The van der Waals surface area contributed by atoms with Crippen molar-refractivity contribution in [2.75, 3.05) is 39.6 Å². The molecule has 2 N–H and O–H groups in total. The summed E-state index contributed by atoms with van der Waals surface area (Å²) in [6.45, 7) is 5.29. The maximum Gasteiger partial charge on any atom is 0.414 e. The van der Waals surface area contributed by atoms with Gasteiger partial charge in [0.2, 0.25) is 6.79 Å². The maximum atomic E-state index is 13.4. The van der Waals surface area contributed by atoms with Gasteiger partial charge in [0.25, 0.3) is 0 Å². The summed E-state index contributed by atoms with van der Waals surface area (Å²) in [7, 11) is 0. The third-order valence-electron chi connectivity index (χ3n) is 6.04. The van der Waals surface area contributed by atoms with Gasteiger partial charge in [-0.3, -0.25) is 4.79 Å². The van der Waals surface area contributed by atoms with Gasteiger partial charge in [-0.1, -0.05) is 12.1 Å². The molecule has 2 aliphatic rings. The molecule has 0 spiro atoms. The first kappa shape index (κ1) is 27.7. The van der Waals surface area contributed by atoms with Gasteiger partial charge >= 0.3 is 17.9 Å². The lowest BCUT2D eigenvalue weighted by molar-refractivity contribution is -0.159. The average molecular weight is 520 g/mol. The van der Waals surface area contributed by atoms with Gasteiger partial charge in [0.15, 0.2) is 11.5 Å². The zero-order valence-electron chi connectivity index (χ0n) is 20.4. The summed E-state index contributed by atoms with van der Waals surface area (Å²) in [6.07, 6.45) is 1.30. The Hall–Kier alpha value is -3.86. The van der Waals surface area contributed by atoms with E-state index < -0.39 is 11.9 Å². The van der Waals surface area contributed by atoms with Gasteiger partial charge in [0.1, 0.15) is 11.6 Å². The molecule has 2 aromatic carbocycles. The number of nitrogens with zero attached hydrogens (tertiary/aromatic N) is 1. The molecule has 2 aliphatic heterocycles. The molecule has 0 radical (unpaired) electrons. The van der Waals surface area contributed by atoms with E-state index in [1.807, 2.05) is 37.3 Å². The molecule has 11 heteroatoms. The number of carbonyl (C=O) groups is 3. The molecule has 2 heterocycles. The van der Waals surface area contributed by atoms with Gasteiger partial charge in [-0.15, -0.1) is 0 Å². The topological polar surface area (TPSA) is 132 Å². The van der Waals surface area contributed by atoms with E-state index in [1.165, 1.54) is 12.1 Å². The van der Waals surface area contributed by atoms with Crippen LogP contribution in [0.1, 0.15) is 31.2 Å². The van der Waals surface area contributed by atoms with Crippen molar-refractivity contribution in [3.05, 3.63) is 53.8 Å². The number of carbonyl (C=O) groups excluding carboxylic acids is 1. The van der Waals surface area contributed by atoms with Crippen molar-refractivity contribution < 1.29 is 47.9 Å². The second-order valence-electron chi connectivity index (χ2n) is 8.50. The molecule has 0 unspecified atom stereocenters. The van der Waals surface area contributed by atoms with E-state index in [-0.39, 0.29) is 30.4 Å². The van der Waals surface area contributed by atoms with Crippen LogP contribution in [0.5, 0.6) is 17.2 Å². The van der Waals surface area contributed by atoms with Gasteiger partial charge in [-0.25, -0.2) is 14.0 Å². The van der Waals surface area contributed by atoms with Crippen LogP contribution in [0.3, 0.4) is 0 Å². The van der Waals surface area contributed by atoms with Crippen LogP contribution < -0.4 is 14.2 Å². The standard InChI is InChI=1S/C24H28FNO5.C2H2O4/c1-2-28-24(27)10-12-26-11-9-21(17-3-5-19(25)6-4-17)18(14-26)15-29-20-7-8-22-23(13-20)31-16-30-22;3-1(4)2(5)6/h3-8,13,18,21H,2,9-12,14-16H2,1H3;(H,3,4)(H,5,6)/t18-,21-;/m1./s1. The fourth-order valence-electron chi connectivity index (χ4n) is 4.28. The van der Waals surface area contributed by atoms with Gasteiger partial charge in [0, 0.05) is 25.1 Å². The van der Waals surface area contributed by atoms with E-state index in [0.717, 1.165) is 36.6 Å². The van der Waals surface area contributed by atoms with Gasteiger partial charge in [-0.05, 0) is 55.6 Å². The molecule has 0 aromatic heterocycles. The van der Waals surface area contributed by atoms with E-state index in [4.69, 9.17) is 38.7 Å². The first-order chi connectivity index (χ1) is 17.8. The van der Waals surface area contributed by atoms with Crippen LogP contribution >= 0.6 is 0 Å². The lowest BCUT2D eigenvalue weighted by Gasteiger charge is -2.38. The molecule has 1 saturated heterocycles. The van der Waals surface area contributed by atoms with Crippen LogP contribution in [0.2, 0.25) is 0 Å². The van der Waals surface area contributed by atoms with Crippen molar-refractivity contribution in [3.8, 4) is 17.2 Å². The Morgan fingerprint density at radius 3 is 2.43 bits per heavy atom. The minimum absolute atomic E-state index is 0.170. The third kappa shape index (κ3) is 8.35. The van der Waals surface area contributed by atoms with Crippen molar-refractivity contribution in [3.63, 3.8) is 0 Å². The predicted octanol–water partition coefficient (Wildman–Crippen LogP) is 3.15. The number of hydrogen-bond acceptors (Lipinski definition) is 8. The molecular weight excluding hydrogens is 489 g/mol. The van der Waals surface area contributed by atoms with E-state index in [2.05, 4.69) is 4.90 Å². The van der Waals surface area contributed by atoms with E-state index in [0.29, 0.717) is 31.9 Å². The smallest absolute Gasteiger partial charge is 0.414 e. The molecule has 2 aromatic rings. The molecule has 1 fully saturated rings. The summed E-state index contributed by atoms with van der Waals surface area (Å²) in [4.78, 5) is 32.2. The summed E-state index contributed by atoms with van der Waals surface area (Å²) in [5.74, 6) is -1.46. The third-order valence-corrected chi connectivity index (χ3v) is 6.04. The number of hydrogen-bond donors (Lipinski definition) is 2. The van der Waals surface area contributed by atoms with Crippen molar-refractivity contribution in [1.29, 1.82) is 0 Å². The SMILES string of the molecule is CCOC(=O)CCN1CC[C@H](c2ccc(F)cc2)[C@@H](COc2ccc3c(c2)OCO3)C1.O=C(O)C(=O)O. The van der Waals surface area contributed by atoms with Crippen molar-refractivity contribution in [2.45, 2.75) is 25.7 Å². The highest BCUT2D eigenvalue weighted by molar-refractivity contribution is 6.27. The Balaban J connectivity index is 0.000000568. The van der Waals surface area contributed by atoms with Crippen LogP contribution in [-0.4, -0.2) is 72.7 Å². The molecular formula is C26H30FNO9. The van der Waals surface area contributed by atoms with Gasteiger partial charge in [-0.2, -0.15) is 0 Å². The minimum Gasteiger partial charge on any atom is -0.493 e. The number of esters is 1. The number of likely N-dealkylation sites (tertiary alicyclic amines) is 1. The van der Waals surface area contributed by atoms with Gasteiger partial charge in [0.05, 0.1) is 19.6 Å². The molecule has 37 heavy (non-hydrogen) atoms. The van der Waals surface area contributed by atoms with Crippen LogP contribution in [0.4, 0.5) is 4.39 Å². The highest BCUT2D eigenvalue weighted by Crippen LogP contribution is 2.37. The summed E-state index contributed by atoms with van der Waals surface area (Å²) in [5.41, 5.74) is 1.12. The zero-order valence-corrected chi connectivity index (χ0v) is 20.4. The lowest BCUT2D eigenvalue weighted by atomic mass is 9.80. The fourth-order valence-corrected chi connectivity index (χ4v) is 4.28. The number of ether oxygens (including phenoxy) is 4. The Kier molecular flexibility index (Phi) is 10.1. The van der Waals surface area contributed by atoms with E-state index >= 15 is 0 Å². The Bertz CT molecular complexity index is 1060. The molecule has 0 bridgehead atoms. The monoisotopic (exact) mass is 519 g/mol. The second kappa shape index (κ2) is 13.4. The van der Waals surface area contributed by atoms with E-state index in [1.54, 1.807) is 0 Å². The molecule has 0 amide bonds. The number of benzene rings is 2. The number of halogens is 1. The minimum atomic E-state index is -1.82. The van der Waals surface area contributed by atoms with Crippen molar-refractivity contribution >= 4 is 17.9 Å². The molecule has 0 saturated carbocycles. The number of aliphatic carboxylic acids is 2. The van der Waals surface area contributed by atoms with Crippen molar-refractivity contribution in [2.24, 2.45) is 5.92 Å². The predicted molar refractivity (Wildman–Crippen MR) is 128 cm³/mol. The summed E-state index contributed by atoms with van der Waals surface area (Å²) in [5, 5.41) is 14.8. The van der Waals surface area contributed by atoms with Crippen molar-refractivity contribution in [1.82, 2.24) is 4.90 Å². The molecule has 2 atom stereocenters. The van der Waals surface area contributed by atoms with E-state index in [9.17, 15) is 9.18 Å². The quantitative estimate of drug-likeness (QED) is 0.396. The second-order valence-corrected chi connectivity index (χ2v) is 8.50. The average Bonchev–Trinajstić information content (AvgIpc) is 3.35. The van der Waals surface area contributed by atoms with Crippen LogP contribution in [0.15, 0.2) is 42.5 Å². The number of rotatable bonds is 8. The Morgan fingerprint density at radius 1 is 1.05 bits per heavy atom. The highest BCUT2D eigenvalue weighted by atomic mass is 19.1. The number of carboxylic acid groups (broad SMARTS) is 2. The van der Waals surface area contributed by atoms with Crippen LogP contribution in [-0.2, 0) is 19.1 Å². The summed E-state index contributed by atoms with van der Waals surface area (Å²) < 4.78 is 35.4. The van der Waals surface area contributed by atoms with Gasteiger partial charge < -0.3 is 34.1 Å². The fraction of sp³-hybridized carbons (Fsp3) is 0.423. The lowest BCUT2D eigenvalue weighted by Crippen LogP contribution is -2.42. The first-order valence-electron chi connectivity index (χ1n) is 11.9. The largest absolute Gasteiger partial charge is 0.493 e. The Morgan fingerprint density at radius 2 is 1.76 bits per heavy atom. The number of piperidine rings is 1. The normalized spacial score (nSPS) is 18.3. The zero-order chi connectivity index (χ0) is 26.8. The number of fused-ring (bicyclic) bond motifs is 1. The Labute approximate surface area is 213 Å². The molecule has 4 rings (SSSR count). The molecule has 10 nitrogen and oxygen atoms in total. The summed E-state index contributed by atoms with van der Waals surface area (Å²) >= 11 is 0. The first-order valence-corrected chi connectivity index (χ1v) is 11.9.